The lowest BCUT2D eigenvalue weighted by molar-refractivity contribution is 0.340. The van der Waals surface area contributed by atoms with Gasteiger partial charge in [-0.15, -0.1) is 0 Å². The topological polar surface area (TPSA) is 21.3 Å². The Bertz CT molecular complexity index is 323. The summed E-state index contributed by atoms with van der Waals surface area (Å²) < 4.78 is 5.49. The number of hydrogen-bond donors (Lipinski definition) is 1. The van der Waals surface area contributed by atoms with E-state index in [0.717, 1.165) is 12.4 Å². The first-order chi connectivity index (χ1) is 7.88. The highest BCUT2D eigenvalue weighted by Gasteiger charge is 2.13. The zero-order valence-electron chi connectivity index (χ0n) is 9.74. The maximum atomic E-state index is 5.49. The first-order valence-electron chi connectivity index (χ1n) is 5.95. The number of benzene rings is 1. The molecule has 1 fully saturated rings. The van der Waals surface area contributed by atoms with Crippen LogP contribution in [0.3, 0.4) is 0 Å². The third kappa shape index (κ3) is 3.34. The molecule has 0 saturated carbocycles. The second kappa shape index (κ2) is 6.04. The zero-order valence-corrected chi connectivity index (χ0v) is 10.6. The summed E-state index contributed by atoms with van der Waals surface area (Å²) in [6.07, 6.45) is 2.61. The predicted octanol–water partition coefficient (Wildman–Crippen LogP) is 3.39. The molecule has 1 aliphatic heterocycles. The normalized spacial score (nSPS) is 20.4. The fourth-order valence-electron chi connectivity index (χ4n) is 1.93. The molecule has 0 radical (unpaired) electrons. The van der Waals surface area contributed by atoms with Crippen molar-refractivity contribution in [2.45, 2.75) is 25.8 Å². The van der Waals surface area contributed by atoms with Crippen molar-refractivity contribution in [2.75, 3.05) is 23.4 Å². The molecule has 1 aliphatic rings. The molecule has 1 unspecified atom stereocenters. The Morgan fingerprint density at radius 2 is 2.44 bits per heavy atom. The van der Waals surface area contributed by atoms with Gasteiger partial charge in [0.15, 0.2) is 0 Å². The van der Waals surface area contributed by atoms with Crippen molar-refractivity contribution < 1.29 is 4.74 Å². The number of rotatable bonds is 4. The van der Waals surface area contributed by atoms with Gasteiger partial charge in [-0.3, -0.25) is 0 Å². The van der Waals surface area contributed by atoms with Gasteiger partial charge in [-0.05, 0) is 37.7 Å². The van der Waals surface area contributed by atoms with Gasteiger partial charge in [0.1, 0.15) is 5.75 Å². The minimum absolute atomic E-state index is 0.621. The monoisotopic (exact) mass is 237 g/mol. The highest BCUT2D eigenvalue weighted by Crippen LogP contribution is 2.23. The van der Waals surface area contributed by atoms with E-state index in [1.807, 2.05) is 30.8 Å². The van der Waals surface area contributed by atoms with Crippen LogP contribution in [0, 0.1) is 0 Å². The average Bonchev–Trinajstić information content (AvgIpc) is 2.31. The van der Waals surface area contributed by atoms with Gasteiger partial charge in [-0.2, -0.15) is 11.8 Å². The molecular weight excluding hydrogens is 218 g/mol. The minimum Gasteiger partial charge on any atom is -0.494 e. The molecule has 1 heterocycles. The first kappa shape index (κ1) is 11.6. The standard InChI is InChI=1S/C13H19NOS/c1-2-15-13-7-3-5-11(9-13)14-12-6-4-8-16-10-12/h3,5,7,9,12,14H,2,4,6,8,10H2,1H3. The molecule has 0 aliphatic carbocycles. The van der Waals surface area contributed by atoms with Crippen LogP contribution in [0.1, 0.15) is 19.8 Å². The molecule has 2 nitrogen and oxygen atoms in total. The lowest BCUT2D eigenvalue weighted by Crippen LogP contribution is -2.25. The van der Waals surface area contributed by atoms with E-state index in [9.17, 15) is 0 Å². The van der Waals surface area contributed by atoms with Gasteiger partial charge in [-0.25, -0.2) is 0 Å². The Balaban J connectivity index is 1.94. The van der Waals surface area contributed by atoms with Crippen LogP contribution in [0.5, 0.6) is 5.75 Å². The zero-order chi connectivity index (χ0) is 11.2. The number of ether oxygens (including phenoxy) is 1. The molecule has 0 bridgehead atoms. The van der Waals surface area contributed by atoms with E-state index in [-0.39, 0.29) is 0 Å². The van der Waals surface area contributed by atoms with Crippen LogP contribution in [-0.4, -0.2) is 24.2 Å². The largest absolute Gasteiger partial charge is 0.494 e. The summed E-state index contributed by atoms with van der Waals surface area (Å²) in [5.74, 6) is 3.49. The Morgan fingerprint density at radius 1 is 1.50 bits per heavy atom. The third-order valence-electron chi connectivity index (χ3n) is 2.68. The van der Waals surface area contributed by atoms with Crippen LogP contribution in [0.2, 0.25) is 0 Å². The summed E-state index contributed by atoms with van der Waals surface area (Å²) in [6.45, 7) is 2.74. The van der Waals surface area contributed by atoms with Gasteiger partial charge in [0, 0.05) is 23.5 Å². The van der Waals surface area contributed by atoms with E-state index in [4.69, 9.17) is 4.74 Å². The molecule has 0 amide bonds. The molecule has 1 aromatic carbocycles. The number of thioether (sulfide) groups is 1. The predicted molar refractivity (Wildman–Crippen MR) is 71.6 cm³/mol. The van der Waals surface area contributed by atoms with Crippen LogP contribution in [0.15, 0.2) is 24.3 Å². The van der Waals surface area contributed by atoms with E-state index >= 15 is 0 Å². The molecule has 0 aromatic heterocycles. The Kier molecular flexibility index (Phi) is 4.40. The summed E-state index contributed by atoms with van der Waals surface area (Å²) in [5, 5.41) is 3.58. The van der Waals surface area contributed by atoms with Crippen molar-refractivity contribution >= 4 is 17.4 Å². The Morgan fingerprint density at radius 3 is 3.19 bits per heavy atom. The van der Waals surface area contributed by atoms with E-state index in [1.165, 1.54) is 30.0 Å². The van der Waals surface area contributed by atoms with Crippen LogP contribution >= 0.6 is 11.8 Å². The van der Waals surface area contributed by atoms with Crippen molar-refractivity contribution in [2.24, 2.45) is 0 Å². The van der Waals surface area contributed by atoms with Gasteiger partial charge in [0.25, 0.3) is 0 Å². The molecule has 2 rings (SSSR count). The molecule has 1 N–H and O–H groups in total. The first-order valence-corrected chi connectivity index (χ1v) is 7.11. The van der Waals surface area contributed by atoms with Crippen molar-refractivity contribution in [3.05, 3.63) is 24.3 Å². The van der Waals surface area contributed by atoms with Crippen molar-refractivity contribution in [1.82, 2.24) is 0 Å². The summed E-state index contributed by atoms with van der Waals surface area (Å²) in [6, 6.07) is 8.87. The van der Waals surface area contributed by atoms with E-state index in [2.05, 4.69) is 17.4 Å². The van der Waals surface area contributed by atoms with Gasteiger partial charge in [-0.1, -0.05) is 6.07 Å². The van der Waals surface area contributed by atoms with Gasteiger partial charge in [0.05, 0.1) is 6.61 Å². The molecular formula is C13H19NOS. The molecule has 1 atom stereocenters. The summed E-state index contributed by atoms with van der Waals surface area (Å²) in [7, 11) is 0. The van der Waals surface area contributed by atoms with Gasteiger partial charge >= 0.3 is 0 Å². The average molecular weight is 237 g/mol. The van der Waals surface area contributed by atoms with Crippen LogP contribution in [0.25, 0.3) is 0 Å². The maximum Gasteiger partial charge on any atom is 0.121 e. The fourth-order valence-corrected chi connectivity index (χ4v) is 3.00. The molecule has 16 heavy (non-hydrogen) atoms. The molecule has 1 aromatic rings. The molecule has 88 valence electrons. The van der Waals surface area contributed by atoms with Gasteiger partial charge in [0.2, 0.25) is 0 Å². The number of hydrogen-bond acceptors (Lipinski definition) is 3. The summed E-state index contributed by atoms with van der Waals surface area (Å²) >= 11 is 2.04. The third-order valence-corrected chi connectivity index (χ3v) is 3.89. The lowest BCUT2D eigenvalue weighted by Gasteiger charge is -2.23. The quantitative estimate of drug-likeness (QED) is 0.867. The molecule has 0 spiro atoms. The number of nitrogens with one attached hydrogen (secondary N) is 1. The van der Waals surface area contributed by atoms with Crippen LogP contribution in [-0.2, 0) is 0 Å². The fraction of sp³-hybridized carbons (Fsp3) is 0.538. The van der Waals surface area contributed by atoms with Crippen molar-refractivity contribution in [3.63, 3.8) is 0 Å². The van der Waals surface area contributed by atoms with E-state index < -0.39 is 0 Å². The van der Waals surface area contributed by atoms with E-state index in [1.54, 1.807) is 0 Å². The van der Waals surface area contributed by atoms with Crippen LogP contribution in [0.4, 0.5) is 5.69 Å². The van der Waals surface area contributed by atoms with Gasteiger partial charge < -0.3 is 10.1 Å². The summed E-state index contributed by atoms with van der Waals surface area (Å²) in [4.78, 5) is 0. The second-order valence-corrected chi connectivity index (χ2v) is 5.17. The Labute approximate surface area is 102 Å². The summed E-state index contributed by atoms with van der Waals surface area (Å²) in [5.41, 5.74) is 1.18. The van der Waals surface area contributed by atoms with Crippen molar-refractivity contribution in [1.29, 1.82) is 0 Å². The van der Waals surface area contributed by atoms with Crippen molar-refractivity contribution in [3.8, 4) is 5.75 Å². The molecule has 3 heteroatoms. The SMILES string of the molecule is CCOc1cccc(NC2CCCSC2)c1. The van der Waals surface area contributed by atoms with E-state index in [0.29, 0.717) is 6.04 Å². The smallest absolute Gasteiger partial charge is 0.121 e. The molecule has 1 saturated heterocycles. The maximum absolute atomic E-state index is 5.49. The number of anilines is 1. The highest BCUT2D eigenvalue weighted by atomic mass is 32.2. The lowest BCUT2D eigenvalue weighted by atomic mass is 10.1. The van der Waals surface area contributed by atoms with Crippen LogP contribution < -0.4 is 10.1 Å². The second-order valence-electron chi connectivity index (χ2n) is 4.02. The minimum atomic E-state index is 0.621. The highest BCUT2D eigenvalue weighted by molar-refractivity contribution is 7.99. The Hall–Kier alpha value is -0.830.